The molecule has 0 radical (unpaired) electrons. The van der Waals surface area contributed by atoms with Crippen LogP contribution in [0.4, 0.5) is 5.69 Å². The van der Waals surface area contributed by atoms with Crippen molar-refractivity contribution in [2.75, 3.05) is 7.11 Å². The van der Waals surface area contributed by atoms with E-state index in [1.165, 1.54) is 11.8 Å². The van der Waals surface area contributed by atoms with E-state index in [0.29, 0.717) is 0 Å². The third-order valence-corrected chi connectivity index (χ3v) is 3.11. The van der Waals surface area contributed by atoms with Gasteiger partial charge in [0.1, 0.15) is 12.3 Å². The van der Waals surface area contributed by atoms with Crippen LogP contribution in [0.15, 0.2) is 29.5 Å². The quantitative estimate of drug-likeness (QED) is 0.460. The molecule has 1 aromatic heterocycles. The number of carbonyl (C=O) groups excluding carboxylic acids is 1. The molecule has 1 amide bonds. The van der Waals surface area contributed by atoms with Gasteiger partial charge in [0.2, 0.25) is 0 Å². The number of methoxy groups -OCH3 is 1. The summed E-state index contributed by atoms with van der Waals surface area (Å²) in [5.41, 5.74) is 2.65. The number of aromatic nitrogens is 2. The molecule has 10 nitrogen and oxygen atoms in total. The van der Waals surface area contributed by atoms with Gasteiger partial charge in [0.25, 0.3) is 11.6 Å². The van der Waals surface area contributed by atoms with Crippen LogP contribution in [0.2, 0.25) is 0 Å². The Hall–Kier alpha value is -3.43. The number of carbonyl (C=O) groups is 1. The summed E-state index contributed by atoms with van der Waals surface area (Å²) < 4.78 is 6.28. The fraction of sp³-hybridized carbons (Fsp3) is 0.214. The number of aryl methyl sites for hydroxylation is 1. The first kappa shape index (κ1) is 16.9. The Balaban J connectivity index is 2.11. The van der Waals surface area contributed by atoms with Crippen LogP contribution in [0.1, 0.15) is 11.3 Å². The highest BCUT2D eigenvalue weighted by Gasteiger charge is 2.11. The molecule has 0 aliphatic rings. The lowest BCUT2D eigenvalue weighted by Crippen LogP contribution is -2.24. The van der Waals surface area contributed by atoms with Gasteiger partial charge in [-0.25, -0.2) is 5.43 Å². The van der Waals surface area contributed by atoms with Crippen molar-refractivity contribution in [3.63, 3.8) is 0 Å². The molecule has 1 heterocycles. The lowest BCUT2D eigenvalue weighted by Gasteiger charge is -2.14. The van der Waals surface area contributed by atoms with Gasteiger partial charge < -0.3 is 9.84 Å². The maximum absolute atomic E-state index is 12.0. The number of benzene rings is 1. The van der Waals surface area contributed by atoms with E-state index in [1.807, 2.05) is 0 Å². The van der Waals surface area contributed by atoms with Crippen molar-refractivity contribution in [3.8, 4) is 11.5 Å². The topological polar surface area (TPSA) is 135 Å². The summed E-state index contributed by atoms with van der Waals surface area (Å²) in [7, 11) is 1.23. The molecule has 0 unspecified atom stereocenters. The second-order valence-corrected chi connectivity index (χ2v) is 4.75. The molecule has 0 spiro atoms. The summed E-state index contributed by atoms with van der Waals surface area (Å²) in [6.45, 7) is 1.75. The number of nitro groups is 1. The second-order valence-electron chi connectivity index (χ2n) is 4.75. The summed E-state index contributed by atoms with van der Waals surface area (Å²) in [6.07, 6.45) is 2.59. The number of hydrogen-bond donors (Lipinski definition) is 1. The molecule has 1 N–H and O–H groups in total. The van der Waals surface area contributed by atoms with Crippen LogP contribution in [0.3, 0.4) is 0 Å². The lowest BCUT2D eigenvalue weighted by atomic mass is 10.2. The average molecular weight is 332 g/mol. The predicted octanol–water partition coefficient (Wildman–Crippen LogP) is 0.332. The Morgan fingerprint density at radius 2 is 2.29 bits per heavy atom. The Bertz CT molecular complexity index is 799. The number of rotatable bonds is 6. The van der Waals surface area contributed by atoms with E-state index in [0.717, 1.165) is 24.0 Å². The van der Waals surface area contributed by atoms with Crippen LogP contribution >= 0.6 is 0 Å². The maximum atomic E-state index is 12.0. The van der Waals surface area contributed by atoms with Crippen LogP contribution < -0.4 is 15.3 Å². The Labute approximate surface area is 136 Å². The molecule has 0 atom stereocenters. The minimum Gasteiger partial charge on any atom is -0.870 e. The molecule has 0 saturated heterocycles. The summed E-state index contributed by atoms with van der Waals surface area (Å²) >= 11 is 0. The number of hydrazone groups is 1. The second kappa shape index (κ2) is 7.22. The van der Waals surface area contributed by atoms with Crippen molar-refractivity contribution < 1.29 is 19.6 Å². The van der Waals surface area contributed by atoms with Gasteiger partial charge >= 0.3 is 0 Å². The zero-order valence-electron chi connectivity index (χ0n) is 12.9. The normalized spacial score (nSPS) is 10.8. The van der Waals surface area contributed by atoms with Gasteiger partial charge in [-0.1, -0.05) is 5.75 Å². The van der Waals surface area contributed by atoms with Crippen molar-refractivity contribution in [1.29, 1.82) is 0 Å². The van der Waals surface area contributed by atoms with Gasteiger partial charge in [0.15, 0.2) is 0 Å². The number of hydrogen-bond acceptors (Lipinski definition) is 7. The van der Waals surface area contributed by atoms with E-state index < -0.39 is 16.6 Å². The van der Waals surface area contributed by atoms with E-state index in [9.17, 15) is 20.0 Å². The molecule has 0 bridgehead atoms. The SMILES string of the molecule is COc1cc([N+](=O)[O-])cc(/C=N\NC(=O)Cn2nccc2C)c1[O-]. The number of nitro benzene ring substituents is 1. The van der Waals surface area contributed by atoms with Gasteiger partial charge in [0, 0.05) is 18.0 Å². The van der Waals surface area contributed by atoms with Crippen LogP contribution in [0.25, 0.3) is 0 Å². The summed E-state index contributed by atoms with van der Waals surface area (Å²) in [4.78, 5) is 21.9. The zero-order chi connectivity index (χ0) is 17.7. The number of amides is 1. The molecule has 2 aromatic rings. The van der Waals surface area contributed by atoms with Crippen molar-refractivity contribution in [1.82, 2.24) is 15.2 Å². The number of nitrogens with one attached hydrogen (secondary N) is 1. The summed E-state index contributed by atoms with van der Waals surface area (Å²) in [5, 5.41) is 30.4. The molecule has 10 heteroatoms. The first-order chi connectivity index (χ1) is 11.4. The molecule has 0 saturated carbocycles. The molecule has 0 aliphatic carbocycles. The monoisotopic (exact) mass is 332 g/mol. The van der Waals surface area contributed by atoms with E-state index >= 15 is 0 Å². The molecule has 126 valence electrons. The van der Waals surface area contributed by atoms with E-state index in [1.54, 1.807) is 19.2 Å². The highest BCUT2D eigenvalue weighted by Crippen LogP contribution is 2.31. The summed E-state index contributed by atoms with van der Waals surface area (Å²) in [5.74, 6) is -1.20. The Morgan fingerprint density at radius 1 is 1.54 bits per heavy atom. The number of non-ortho nitro benzene ring substituents is 1. The van der Waals surface area contributed by atoms with Crippen LogP contribution in [0, 0.1) is 17.0 Å². The van der Waals surface area contributed by atoms with Gasteiger partial charge in [-0.2, -0.15) is 10.2 Å². The molecule has 1 aromatic carbocycles. The van der Waals surface area contributed by atoms with Crippen molar-refractivity contribution in [2.45, 2.75) is 13.5 Å². The highest BCUT2D eigenvalue weighted by atomic mass is 16.6. The smallest absolute Gasteiger partial charge is 0.273 e. The Kier molecular flexibility index (Phi) is 5.09. The first-order valence-corrected chi connectivity index (χ1v) is 6.76. The largest absolute Gasteiger partial charge is 0.870 e. The number of nitrogens with zero attached hydrogens (tertiary/aromatic N) is 4. The first-order valence-electron chi connectivity index (χ1n) is 6.76. The van der Waals surface area contributed by atoms with E-state index in [4.69, 9.17) is 4.74 Å². The van der Waals surface area contributed by atoms with Gasteiger partial charge in [0.05, 0.1) is 24.3 Å². The molecular formula is C14H14N5O5-. The minimum atomic E-state index is -0.654. The predicted molar refractivity (Wildman–Crippen MR) is 81.8 cm³/mol. The van der Waals surface area contributed by atoms with Crippen LogP contribution in [0.5, 0.6) is 11.5 Å². The highest BCUT2D eigenvalue weighted by molar-refractivity contribution is 5.87. The lowest BCUT2D eigenvalue weighted by molar-refractivity contribution is -0.385. The van der Waals surface area contributed by atoms with Crippen LogP contribution in [-0.4, -0.2) is 33.9 Å². The van der Waals surface area contributed by atoms with Crippen molar-refractivity contribution in [2.24, 2.45) is 5.10 Å². The van der Waals surface area contributed by atoms with Gasteiger partial charge in [-0.15, -0.1) is 0 Å². The van der Waals surface area contributed by atoms with Crippen LogP contribution in [-0.2, 0) is 11.3 Å². The van der Waals surface area contributed by atoms with E-state index in [2.05, 4.69) is 15.6 Å². The molecule has 24 heavy (non-hydrogen) atoms. The fourth-order valence-corrected chi connectivity index (χ4v) is 1.87. The van der Waals surface area contributed by atoms with E-state index in [-0.39, 0.29) is 23.5 Å². The molecular weight excluding hydrogens is 318 g/mol. The Morgan fingerprint density at radius 3 is 2.88 bits per heavy atom. The number of ether oxygens (including phenoxy) is 1. The average Bonchev–Trinajstić information content (AvgIpc) is 2.93. The van der Waals surface area contributed by atoms with Gasteiger partial charge in [-0.05, 0) is 18.6 Å². The molecule has 0 fully saturated rings. The third kappa shape index (κ3) is 3.85. The standard InChI is InChI=1S/C14H15N5O5/c1-9-3-4-16-18(9)8-13(20)17-15-7-10-5-11(19(22)23)6-12(24-2)14(10)21/h3-7,21H,8H2,1-2H3,(H,17,20)/p-1/b15-7-. The molecule has 2 rings (SSSR count). The molecule has 0 aliphatic heterocycles. The third-order valence-electron chi connectivity index (χ3n) is 3.11. The summed E-state index contributed by atoms with van der Waals surface area (Å²) in [6, 6.07) is 3.83. The van der Waals surface area contributed by atoms with Gasteiger partial charge in [-0.3, -0.25) is 19.6 Å². The fourth-order valence-electron chi connectivity index (χ4n) is 1.87. The minimum absolute atomic E-state index is 0.0430. The van der Waals surface area contributed by atoms with Crippen molar-refractivity contribution >= 4 is 17.8 Å². The van der Waals surface area contributed by atoms with Crippen molar-refractivity contribution in [3.05, 3.63) is 45.8 Å². The maximum Gasteiger partial charge on any atom is 0.273 e. The zero-order valence-corrected chi connectivity index (χ0v) is 12.9.